The number of hydrogen-bond donors (Lipinski definition) is 0. The summed E-state index contributed by atoms with van der Waals surface area (Å²) in [6.45, 7) is 17.5. The molecule has 0 fully saturated rings. The van der Waals surface area contributed by atoms with E-state index in [1.165, 1.54) is 32.1 Å². The van der Waals surface area contributed by atoms with E-state index in [0.29, 0.717) is 119 Å². The molecule has 0 aromatic carbocycles. The second-order valence-corrected chi connectivity index (χ2v) is 10.9. The van der Waals surface area contributed by atoms with Crippen LogP contribution in [0.15, 0.2) is 0 Å². The quantitative estimate of drug-likeness (QED) is 0.0731. The van der Waals surface area contributed by atoms with Crippen LogP contribution in [0.4, 0.5) is 0 Å². The Morgan fingerprint density at radius 1 is 0.386 bits per heavy atom. The highest BCUT2D eigenvalue weighted by Crippen LogP contribution is 2.07. The van der Waals surface area contributed by atoms with Gasteiger partial charge in [0.25, 0.3) is 0 Å². The fourth-order valence-electron chi connectivity index (χ4n) is 3.49. The molecule has 264 valence electrons. The summed E-state index contributed by atoms with van der Waals surface area (Å²) in [5.41, 5.74) is -0.507. The molecule has 12 nitrogen and oxygen atoms in total. The summed E-state index contributed by atoms with van der Waals surface area (Å²) < 4.78 is 59.6. The van der Waals surface area contributed by atoms with Crippen LogP contribution in [-0.2, 0) is 56.9 Å². The van der Waals surface area contributed by atoms with Crippen LogP contribution in [0.5, 0.6) is 0 Å². The molecule has 0 aromatic heterocycles. The van der Waals surface area contributed by atoms with Gasteiger partial charge in [0.05, 0.1) is 119 Å². The highest BCUT2D eigenvalue weighted by molar-refractivity contribution is 5.71. The molecule has 0 aliphatic carbocycles. The first-order valence-electron chi connectivity index (χ1n) is 16.4. The molecule has 0 saturated heterocycles. The first kappa shape index (κ1) is 43.1. The van der Waals surface area contributed by atoms with Gasteiger partial charge in [-0.3, -0.25) is 0 Å². The van der Waals surface area contributed by atoms with Gasteiger partial charge in [0.1, 0.15) is 12.2 Å². The number of hydrogen-bond acceptors (Lipinski definition) is 12. The van der Waals surface area contributed by atoms with Crippen LogP contribution in [0.1, 0.15) is 66.2 Å². The van der Waals surface area contributed by atoms with Crippen molar-refractivity contribution in [1.29, 1.82) is 0 Å². The molecule has 0 bridgehead atoms. The van der Waals surface area contributed by atoms with E-state index in [2.05, 4.69) is 6.92 Å². The van der Waals surface area contributed by atoms with Crippen molar-refractivity contribution in [3.8, 4) is 0 Å². The Hall–Kier alpha value is -0.930. The standard InChI is InChI=1S/C32H64O12/c1-5-6-7-8-9-10-11-34-12-13-35-14-15-36-16-17-37-18-19-38-20-21-39-22-23-40-24-25-41-26-27-42-28-29-43-30-31(33)44-32(2,3)4/h5-30H2,1-4H3. The lowest BCUT2D eigenvalue weighted by molar-refractivity contribution is -0.160. The number of rotatable bonds is 36. The largest absolute Gasteiger partial charge is 0.458 e. The molecular formula is C32H64O12. The van der Waals surface area contributed by atoms with Crippen LogP contribution in [-0.4, -0.2) is 144 Å². The number of ether oxygens (including phenoxy) is 11. The Morgan fingerprint density at radius 3 is 0.977 bits per heavy atom. The fraction of sp³-hybridized carbons (Fsp3) is 0.969. The maximum Gasteiger partial charge on any atom is 0.332 e. The van der Waals surface area contributed by atoms with Crippen molar-refractivity contribution in [2.75, 3.05) is 132 Å². The molecule has 0 rings (SSSR count). The average Bonchev–Trinajstić information content (AvgIpc) is 2.98. The molecule has 0 aliphatic rings. The Balaban J connectivity index is 3.09. The summed E-state index contributed by atoms with van der Waals surface area (Å²) in [5.74, 6) is -0.383. The Labute approximate surface area is 266 Å². The van der Waals surface area contributed by atoms with Crippen LogP contribution in [0.25, 0.3) is 0 Å². The SMILES string of the molecule is CCCCCCCCOCCOCCOCCOCCOCCOCCOCCOCCOCCOCC(=O)OC(C)(C)C. The van der Waals surface area contributed by atoms with E-state index in [1.54, 1.807) is 0 Å². The fourth-order valence-corrected chi connectivity index (χ4v) is 3.49. The van der Waals surface area contributed by atoms with E-state index < -0.39 is 5.60 Å². The third kappa shape index (κ3) is 39.1. The molecule has 0 aliphatic heterocycles. The lowest BCUT2D eigenvalue weighted by Crippen LogP contribution is -2.27. The first-order chi connectivity index (χ1) is 21.5. The monoisotopic (exact) mass is 640 g/mol. The zero-order chi connectivity index (χ0) is 32.2. The minimum Gasteiger partial charge on any atom is -0.458 e. The third-order valence-corrected chi connectivity index (χ3v) is 5.63. The summed E-state index contributed by atoms with van der Waals surface area (Å²) in [7, 11) is 0. The van der Waals surface area contributed by atoms with Gasteiger partial charge in [0.15, 0.2) is 0 Å². The van der Waals surface area contributed by atoms with Gasteiger partial charge >= 0.3 is 5.97 Å². The lowest BCUT2D eigenvalue weighted by atomic mass is 10.1. The third-order valence-electron chi connectivity index (χ3n) is 5.63. The zero-order valence-electron chi connectivity index (χ0n) is 28.3. The van der Waals surface area contributed by atoms with Crippen LogP contribution < -0.4 is 0 Å². The summed E-state index contributed by atoms with van der Waals surface area (Å²) in [5, 5.41) is 0. The van der Waals surface area contributed by atoms with Crippen LogP contribution in [0.2, 0.25) is 0 Å². The number of unbranched alkanes of at least 4 members (excludes halogenated alkanes) is 5. The molecule has 0 amide bonds. The van der Waals surface area contributed by atoms with Crippen molar-refractivity contribution < 1.29 is 56.9 Å². The molecule has 0 N–H and O–H groups in total. The van der Waals surface area contributed by atoms with Gasteiger partial charge in [0, 0.05) is 6.61 Å². The topological polar surface area (TPSA) is 119 Å². The first-order valence-corrected chi connectivity index (χ1v) is 16.4. The Bertz CT molecular complexity index is 574. The maximum absolute atomic E-state index is 11.5. The van der Waals surface area contributed by atoms with E-state index in [-0.39, 0.29) is 12.6 Å². The summed E-state index contributed by atoms with van der Waals surface area (Å²) in [6, 6.07) is 0. The molecule has 0 atom stereocenters. The lowest BCUT2D eigenvalue weighted by Gasteiger charge is -2.19. The summed E-state index contributed by atoms with van der Waals surface area (Å²) in [4.78, 5) is 11.5. The average molecular weight is 641 g/mol. The molecule has 0 radical (unpaired) electrons. The van der Waals surface area contributed by atoms with Gasteiger partial charge in [0.2, 0.25) is 0 Å². The van der Waals surface area contributed by atoms with Crippen molar-refractivity contribution in [2.24, 2.45) is 0 Å². The van der Waals surface area contributed by atoms with Crippen molar-refractivity contribution >= 4 is 5.97 Å². The summed E-state index contributed by atoms with van der Waals surface area (Å²) >= 11 is 0. The summed E-state index contributed by atoms with van der Waals surface area (Å²) in [6.07, 6.45) is 7.67. The predicted molar refractivity (Wildman–Crippen MR) is 167 cm³/mol. The van der Waals surface area contributed by atoms with Gasteiger partial charge in [-0.05, 0) is 27.2 Å². The maximum atomic E-state index is 11.5. The Morgan fingerprint density at radius 2 is 0.659 bits per heavy atom. The van der Waals surface area contributed by atoms with Crippen LogP contribution in [0.3, 0.4) is 0 Å². The van der Waals surface area contributed by atoms with Crippen LogP contribution in [0, 0.1) is 0 Å². The molecular weight excluding hydrogens is 576 g/mol. The minimum atomic E-state index is -0.507. The molecule has 0 aromatic rings. The van der Waals surface area contributed by atoms with Gasteiger partial charge in [-0.15, -0.1) is 0 Å². The molecule has 44 heavy (non-hydrogen) atoms. The zero-order valence-corrected chi connectivity index (χ0v) is 28.3. The van der Waals surface area contributed by atoms with E-state index in [9.17, 15) is 4.79 Å². The van der Waals surface area contributed by atoms with Crippen molar-refractivity contribution in [3.05, 3.63) is 0 Å². The highest BCUT2D eigenvalue weighted by atomic mass is 16.6. The number of esters is 1. The molecule has 0 heterocycles. The highest BCUT2D eigenvalue weighted by Gasteiger charge is 2.15. The second kappa shape index (κ2) is 34.9. The second-order valence-electron chi connectivity index (χ2n) is 10.9. The van der Waals surface area contributed by atoms with Gasteiger partial charge in [-0.2, -0.15) is 0 Å². The molecule has 0 saturated carbocycles. The van der Waals surface area contributed by atoms with Crippen molar-refractivity contribution in [3.63, 3.8) is 0 Å². The Kier molecular flexibility index (Phi) is 34.2. The predicted octanol–water partition coefficient (Wildman–Crippen LogP) is 3.85. The van der Waals surface area contributed by atoms with Gasteiger partial charge < -0.3 is 52.1 Å². The van der Waals surface area contributed by atoms with E-state index in [1.807, 2.05) is 20.8 Å². The van der Waals surface area contributed by atoms with Crippen LogP contribution >= 0.6 is 0 Å². The normalized spacial score (nSPS) is 11.8. The van der Waals surface area contributed by atoms with E-state index >= 15 is 0 Å². The molecule has 12 heteroatoms. The van der Waals surface area contributed by atoms with Crippen molar-refractivity contribution in [2.45, 2.75) is 71.8 Å². The number of carbonyl (C=O) groups is 1. The van der Waals surface area contributed by atoms with Gasteiger partial charge in [-0.1, -0.05) is 39.0 Å². The smallest absolute Gasteiger partial charge is 0.332 e. The van der Waals surface area contributed by atoms with E-state index in [0.717, 1.165) is 13.0 Å². The van der Waals surface area contributed by atoms with Crippen molar-refractivity contribution in [1.82, 2.24) is 0 Å². The number of carbonyl (C=O) groups excluding carboxylic acids is 1. The minimum absolute atomic E-state index is 0.0788. The van der Waals surface area contributed by atoms with Gasteiger partial charge in [-0.25, -0.2) is 4.79 Å². The molecule has 0 spiro atoms. The van der Waals surface area contributed by atoms with E-state index in [4.69, 9.17) is 52.1 Å². The molecule has 0 unspecified atom stereocenters.